The van der Waals surface area contributed by atoms with Gasteiger partial charge in [0, 0.05) is 12.3 Å². The first-order valence-electron chi connectivity index (χ1n) is 10.5. The predicted octanol–water partition coefficient (Wildman–Crippen LogP) is 0.381. The van der Waals surface area contributed by atoms with E-state index < -0.39 is 47.9 Å². The zero-order valence-corrected chi connectivity index (χ0v) is 19.2. The Balaban J connectivity index is 2.89. The fourth-order valence-electron chi connectivity index (χ4n) is 3.43. The van der Waals surface area contributed by atoms with E-state index in [9.17, 15) is 24.3 Å². The molecule has 1 aliphatic rings. The molecule has 5 N–H and O–H groups in total. The lowest BCUT2D eigenvalue weighted by molar-refractivity contribution is -0.149. The van der Waals surface area contributed by atoms with E-state index in [0.717, 1.165) is 6.42 Å². The van der Waals surface area contributed by atoms with Crippen molar-refractivity contribution in [1.29, 1.82) is 0 Å². The van der Waals surface area contributed by atoms with Gasteiger partial charge >= 0.3 is 5.97 Å². The molecule has 1 heterocycles. The lowest BCUT2D eigenvalue weighted by Gasteiger charge is -2.29. The maximum Gasteiger partial charge on any atom is 0.326 e. The average Bonchev–Trinajstić information content (AvgIpc) is 3.19. The molecule has 0 aromatic rings. The van der Waals surface area contributed by atoms with Crippen LogP contribution in [0.1, 0.15) is 53.4 Å². The molecule has 1 aliphatic heterocycles. The van der Waals surface area contributed by atoms with Crippen LogP contribution in [0.4, 0.5) is 0 Å². The van der Waals surface area contributed by atoms with Crippen LogP contribution in [0.2, 0.25) is 0 Å². The lowest BCUT2D eigenvalue weighted by Crippen LogP contribution is -2.58. The molecule has 172 valence electrons. The highest BCUT2D eigenvalue weighted by Crippen LogP contribution is 2.20. The molecule has 0 aromatic heterocycles. The van der Waals surface area contributed by atoms with Crippen molar-refractivity contribution in [2.45, 2.75) is 77.5 Å². The van der Waals surface area contributed by atoms with Gasteiger partial charge in [0.25, 0.3) is 0 Å². The summed E-state index contributed by atoms with van der Waals surface area (Å²) >= 11 is 4.16. The molecule has 1 fully saturated rings. The standard InChI is InChI=1S/C20H36N4O5S/c1-5-12(4)16(21)18(26)23-14(10-30)17(25)22-13(9-11(2)3)19(27)24-8-6-7-15(24)20(28)29/h11-16,30H,5-10,21H2,1-4H3,(H,22,25)(H,23,26)(H,28,29). The molecule has 5 atom stereocenters. The number of nitrogens with zero attached hydrogens (tertiary/aromatic N) is 1. The van der Waals surface area contributed by atoms with Gasteiger partial charge in [0.15, 0.2) is 0 Å². The molecule has 1 rings (SSSR count). The first-order chi connectivity index (χ1) is 14.0. The summed E-state index contributed by atoms with van der Waals surface area (Å²) in [7, 11) is 0. The summed E-state index contributed by atoms with van der Waals surface area (Å²) < 4.78 is 0. The monoisotopic (exact) mass is 444 g/mol. The van der Waals surface area contributed by atoms with E-state index in [1.807, 2.05) is 27.7 Å². The number of likely N-dealkylation sites (tertiary alicyclic amines) is 1. The largest absolute Gasteiger partial charge is 0.480 e. The van der Waals surface area contributed by atoms with Crippen molar-refractivity contribution in [2.24, 2.45) is 17.6 Å². The summed E-state index contributed by atoms with van der Waals surface area (Å²) in [5.74, 6) is -2.37. The third-order valence-corrected chi connectivity index (χ3v) is 5.88. The van der Waals surface area contributed by atoms with Gasteiger partial charge in [0.05, 0.1) is 6.04 Å². The van der Waals surface area contributed by atoms with Crippen molar-refractivity contribution in [3.8, 4) is 0 Å². The molecule has 3 amide bonds. The number of rotatable bonds is 11. The van der Waals surface area contributed by atoms with Crippen molar-refractivity contribution in [3.05, 3.63) is 0 Å². The Kier molecular flexibility index (Phi) is 10.6. The van der Waals surface area contributed by atoms with Crippen LogP contribution in [0.15, 0.2) is 0 Å². The van der Waals surface area contributed by atoms with Crippen LogP contribution in [0, 0.1) is 11.8 Å². The van der Waals surface area contributed by atoms with Gasteiger partial charge in [-0.3, -0.25) is 14.4 Å². The molecule has 0 spiro atoms. The third-order valence-electron chi connectivity index (χ3n) is 5.52. The van der Waals surface area contributed by atoms with E-state index in [0.29, 0.717) is 25.8 Å². The molecule has 9 nitrogen and oxygen atoms in total. The molecule has 0 aliphatic carbocycles. The molecule has 5 unspecified atom stereocenters. The number of carboxylic acid groups (broad SMARTS) is 1. The normalized spacial score (nSPS) is 20.4. The molecule has 0 saturated carbocycles. The number of hydrogen-bond acceptors (Lipinski definition) is 6. The molecule has 0 bridgehead atoms. The number of amides is 3. The summed E-state index contributed by atoms with van der Waals surface area (Å²) in [5, 5.41) is 14.7. The number of aliphatic carboxylic acids is 1. The van der Waals surface area contributed by atoms with Crippen molar-refractivity contribution < 1.29 is 24.3 Å². The number of nitrogens with one attached hydrogen (secondary N) is 2. The van der Waals surface area contributed by atoms with Gasteiger partial charge < -0.3 is 26.4 Å². The molecule has 0 aromatic carbocycles. The topological polar surface area (TPSA) is 142 Å². The highest BCUT2D eigenvalue weighted by atomic mass is 32.1. The summed E-state index contributed by atoms with van der Waals surface area (Å²) in [5.41, 5.74) is 5.93. The van der Waals surface area contributed by atoms with Crippen molar-refractivity contribution in [2.75, 3.05) is 12.3 Å². The second kappa shape index (κ2) is 12.1. The fourth-order valence-corrected chi connectivity index (χ4v) is 3.68. The number of carbonyl (C=O) groups excluding carboxylic acids is 3. The molecule has 10 heteroatoms. The van der Waals surface area contributed by atoms with Gasteiger partial charge in [-0.2, -0.15) is 12.6 Å². The third kappa shape index (κ3) is 7.16. The summed E-state index contributed by atoms with van der Waals surface area (Å²) in [6.45, 7) is 7.94. The summed E-state index contributed by atoms with van der Waals surface area (Å²) in [6.07, 6.45) is 2.07. The highest BCUT2D eigenvalue weighted by Gasteiger charge is 2.38. The summed E-state index contributed by atoms with van der Waals surface area (Å²) in [4.78, 5) is 50.9. The Bertz CT molecular complexity index is 630. The van der Waals surface area contributed by atoms with E-state index in [-0.39, 0.29) is 17.6 Å². The number of carboxylic acids is 1. The Morgan fingerprint density at radius 1 is 1.13 bits per heavy atom. The SMILES string of the molecule is CCC(C)C(N)C(=O)NC(CS)C(=O)NC(CC(C)C)C(=O)N1CCCC1C(=O)O. The highest BCUT2D eigenvalue weighted by molar-refractivity contribution is 7.80. The van der Waals surface area contributed by atoms with E-state index >= 15 is 0 Å². The minimum absolute atomic E-state index is 0.0366. The Morgan fingerprint density at radius 2 is 1.73 bits per heavy atom. The first-order valence-corrected chi connectivity index (χ1v) is 11.2. The molecule has 0 radical (unpaired) electrons. The first kappa shape index (κ1) is 26.2. The molecular formula is C20H36N4O5S. The number of nitrogens with two attached hydrogens (primary N) is 1. The van der Waals surface area contributed by atoms with Crippen molar-refractivity contribution in [3.63, 3.8) is 0 Å². The van der Waals surface area contributed by atoms with Crippen LogP contribution in [0.25, 0.3) is 0 Å². The number of thiol groups is 1. The Morgan fingerprint density at radius 3 is 2.23 bits per heavy atom. The van der Waals surface area contributed by atoms with E-state index in [1.165, 1.54) is 4.90 Å². The lowest BCUT2D eigenvalue weighted by atomic mass is 9.99. The minimum atomic E-state index is -1.05. The van der Waals surface area contributed by atoms with Gasteiger partial charge in [-0.05, 0) is 31.1 Å². The van der Waals surface area contributed by atoms with E-state index in [2.05, 4.69) is 23.3 Å². The van der Waals surface area contributed by atoms with Gasteiger partial charge in [0.2, 0.25) is 17.7 Å². The van der Waals surface area contributed by atoms with Crippen molar-refractivity contribution >= 4 is 36.3 Å². The van der Waals surface area contributed by atoms with Gasteiger partial charge in [0.1, 0.15) is 18.1 Å². The van der Waals surface area contributed by atoms with E-state index in [4.69, 9.17) is 5.73 Å². The smallest absolute Gasteiger partial charge is 0.326 e. The maximum atomic E-state index is 13.0. The Hall–Kier alpha value is -1.81. The zero-order valence-electron chi connectivity index (χ0n) is 18.3. The summed E-state index contributed by atoms with van der Waals surface area (Å²) in [6, 6.07) is -3.45. The van der Waals surface area contributed by atoms with Gasteiger partial charge in [-0.25, -0.2) is 4.79 Å². The van der Waals surface area contributed by atoms with Crippen LogP contribution in [-0.4, -0.2) is 70.2 Å². The fraction of sp³-hybridized carbons (Fsp3) is 0.800. The quantitative estimate of drug-likeness (QED) is 0.292. The van der Waals surface area contributed by atoms with E-state index in [1.54, 1.807) is 0 Å². The van der Waals surface area contributed by atoms with Crippen LogP contribution >= 0.6 is 12.6 Å². The molecule has 1 saturated heterocycles. The van der Waals surface area contributed by atoms with Gasteiger partial charge in [-0.1, -0.05) is 34.1 Å². The second-order valence-corrected chi connectivity index (χ2v) is 8.74. The second-order valence-electron chi connectivity index (χ2n) is 8.37. The molecule has 30 heavy (non-hydrogen) atoms. The van der Waals surface area contributed by atoms with Crippen LogP contribution in [0.3, 0.4) is 0 Å². The zero-order chi connectivity index (χ0) is 23.0. The predicted molar refractivity (Wildman–Crippen MR) is 117 cm³/mol. The molecular weight excluding hydrogens is 408 g/mol. The average molecular weight is 445 g/mol. The minimum Gasteiger partial charge on any atom is -0.480 e. The van der Waals surface area contributed by atoms with Crippen molar-refractivity contribution in [1.82, 2.24) is 15.5 Å². The Labute approximate surface area is 183 Å². The van der Waals surface area contributed by atoms with Crippen LogP contribution in [0.5, 0.6) is 0 Å². The maximum absolute atomic E-state index is 13.0. The van der Waals surface area contributed by atoms with Crippen LogP contribution in [-0.2, 0) is 19.2 Å². The number of carbonyl (C=O) groups is 4. The van der Waals surface area contributed by atoms with Gasteiger partial charge in [-0.15, -0.1) is 0 Å². The number of hydrogen-bond donors (Lipinski definition) is 5. The van der Waals surface area contributed by atoms with Crippen LogP contribution < -0.4 is 16.4 Å².